The van der Waals surface area contributed by atoms with Crippen molar-refractivity contribution in [2.24, 2.45) is 0 Å². The first-order valence-electron chi connectivity index (χ1n) is 13.0. The van der Waals surface area contributed by atoms with Gasteiger partial charge in [0.2, 0.25) is 5.91 Å². The fourth-order valence-corrected chi connectivity index (χ4v) is 5.61. The van der Waals surface area contributed by atoms with E-state index in [9.17, 15) is 9.90 Å². The van der Waals surface area contributed by atoms with Gasteiger partial charge < -0.3 is 19.9 Å². The summed E-state index contributed by atoms with van der Waals surface area (Å²) >= 11 is 1.83. The van der Waals surface area contributed by atoms with E-state index in [2.05, 4.69) is 28.1 Å². The molecule has 2 aliphatic heterocycles. The van der Waals surface area contributed by atoms with Gasteiger partial charge in [-0.25, -0.2) is 0 Å². The topological polar surface area (TPSA) is 74.3 Å². The quantitative estimate of drug-likeness (QED) is 0.368. The number of hydrogen-bond donors (Lipinski definition) is 2. The van der Waals surface area contributed by atoms with Crippen LogP contribution in [0.5, 0.6) is 11.5 Å². The van der Waals surface area contributed by atoms with E-state index in [1.165, 1.54) is 17.7 Å². The van der Waals surface area contributed by atoms with Crippen molar-refractivity contribution in [2.75, 3.05) is 56.9 Å². The highest BCUT2D eigenvalue weighted by molar-refractivity contribution is 7.99. The minimum atomic E-state index is -0.643. The molecule has 0 aliphatic carbocycles. The third kappa shape index (κ3) is 7.16. The third-order valence-corrected chi connectivity index (χ3v) is 7.90. The van der Waals surface area contributed by atoms with Crippen LogP contribution in [0, 0.1) is 13.8 Å². The van der Waals surface area contributed by atoms with Gasteiger partial charge >= 0.3 is 0 Å². The molecule has 1 fully saturated rings. The van der Waals surface area contributed by atoms with E-state index in [-0.39, 0.29) is 5.91 Å². The Bertz CT molecular complexity index is 1010. The Hall–Kier alpha value is -2.26. The molecular weight excluding hydrogens is 474 g/mol. The van der Waals surface area contributed by atoms with E-state index in [0.29, 0.717) is 25.4 Å². The molecule has 8 heteroatoms. The minimum Gasteiger partial charge on any atom is -0.486 e. The zero-order valence-electron chi connectivity index (χ0n) is 21.7. The molecule has 2 aromatic carbocycles. The van der Waals surface area contributed by atoms with E-state index in [1.807, 2.05) is 55.9 Å². The van der Waals surface area contributed by atoms with Crippen molar-refractivity contribution in [1.82, 2.24) is 9.80 Å². The number of para-hydroxylation sites is 1. The maximum atomic E-state index is 12.6. The standard InChI is InChI=1S/C28H39N3O4S/c1-4-5-15-36-22-9-10-24-25(16-22)34-19-26(35-24)23(32)17-30-11-13-31(14-12-30)18-27(33)29-28-20(2)7-6-8-21(28)3/h6-10,16,23,26,32H,4-5,11-15,17-19H2,1-3H3,(H,29,33). The summed E-state index contributed by atoms with van der Waals surface area (Å²) in [5, 5.41) is 13.9. The number of aliphatic hydroxyl groups excluding tert-OH is 1. The summed E-state index contributed by atoms with van der Waals surface area (Å²) in [5.41, 5.74) is 3.06. The SMILES string of the molecule is CCCCSc1ccc2c(c1)OCC(C(O)CN1CCN(CC(=O)Nc3c(C)cccc3C)CC1)O2. The second-order valence-electron chi connectivity index (χ2n) is 9.74. The second kappa shape index (κ2) is 12.8. The first-order valence-corrected chi connectivity index (χ1v) is 14.0. The molecule has 0 bridgehead atoms. The fourth-order valence-electron chi connectivity index (χ4n) is 4.59. The van der Waals surface area contributed by atoms with Crippen LogP contribution in [0.1, 0.15) is 30.9 Å². The number of hydrogen-bond acceptors (Lipinski definition) is 7. The van der Waals surface area contributed by atoms with Crippen LogP contribution in [0.15, 0.2) is 41.3 Å². The highest BCUT2D eigenvalue weighted by atomic mass is 32.2. The number of aliphatic hydroxyl groups is 1. The smallest absolute Gasteiger partial charge is 0.238 e. The van der Waals surface area contributed by atoms with Crippen LogP contribution >= 0.6 is 11.8 Å². The number of carbonyl (C=O) groups is 1. The van der Waals surface area contributed by atoms with E-state index < -0.39 is 12.2 Å². The van der Waals surface area contributed by atoms with Crippen molar-refractivity contribution in [3.63, 3.8) is 0 Å². The molecular formula is C28H39N3O4S. The number of nitrogens with one attached hydrogen (secondary N) is 1. The number of benzene rings is 2. The van der Waals surface area contributed by atoms with E-state index >= 15 is 0 Å². The van der Waals surface area contributed by atoms with Gasteiger partial charge in [-0.1, -0.05) is 31.5 Å². The Morgan fingerprint density at radius 2 is 1.83 bits per heavy atom. The first-order chi connectivity index (χ1) is 17.4. The molecule has 2 atom stereocenters. The predicted molar refractivity (Wildman–Crippen MR) is 145 cm³/mol. The minimum absolute atomic E-state index is 0.0132. The van der Waals surface area contributed by atoms with Crippen molar-refractivity contribution in [3.8, 4) is 11.5 Å². The van der Waals surface area contributed by atoms with Crippen LogP contribution in [-0.2, 0) is 4.79 Å². The molecule has 0 saturated carbocycles. The van der Waals surface area contributed by atoms with Crippen molar-refractivity contribution < 1.29 is 19.4 Å². The summed E-state index contributed by atoms with van der Waals surface area (Å²) in [6, 6.07) is 12.1. The summed E-state index contributed by atoms with van der Waals surface area (Å²) in [6.45, 7) is 10.6. The number of β-amino-alcohol motifs (C(OH)–C–C–N with tert-alkyl or cyclic N) is 1. The first kappa shape index (κ1) is 26.8. The van der Waals surface area contributed by atoms with E-state index in [1.54, 1.807) is 0 Å². The molecule has 2 unspecified atom stereocenters. The van der Waals surface area contributed by atoms with Crippen LogP contribution in [0.3, 0.4) is 0 Å². The second-order valence-corrected chi connectivity index (χ2v) is 10.9. The zero-order chi connectivity index (χ0) is 25.5. The van der Waals surface area contributed by atoms with Crippen LogP contribution in [-0.4, -0.2) is 84.6 Å². The molecule has 7 nitrogen and oxygen atoms in total. The zero-order valence-corrected chi connectivity index (χ0v) is 22.5. The number of carbonyl (C=O) groups excluding carboxylic acids is 1. The molecule has 2 aromatic rings. The molecule has 36 heavy (non-hydrogen) atoms. The number of amides is 1. The van der Waals surface area contributed by atoms with Crippen LogP contribution in [0.25, 0.3) is 0 Å². The Morgan fingerprint density at radius 1 is 1.11 bits per heavy atom. The Kier molecular flexibility index (Phi) is 9.53. The maximum Gasteiger partial charge on any atom is 0.238 e. The lowest BCUT2D eigenvalue weighted by Crippen LogP contribution is -2.53. The number of ether oxygens (including phenoxy) is 2. The number of anilines is 1. The molecule has 196 valence electrons. The summed E-state index contributed by atoms with van der Waals surface area (Å²) in [4.78, 5) is 18.2. The van der Waals surface area contributed by atoms with Crippen molar-refractivity contribution >= 4 is 23.4 Å². The normalized spacial score (nSPS) is 19.2. The molecule has 1 amide bonds. The molecule has 0 radical (unpaired) electrons. The van der Waals surface area contributed by atoms with Gasteiger partial charge in [-0.2, -0.15) is 0 Å². The van der Waals surface area contributed by atoms with E-state index in [0.717, 1.165) is 54.5 Å². The molecule has 0 aromatic heterocycles. The van der Waals surface area contributed by atoms with Crippen LogP contribution in [0.2, 0.25) is 0 Å². The van der Waals surface area contributed by atoms with Crippen molar-refractivity contribution in [3.05, 3.63) is 47.5 Å². The van der Waals surface area contributed by atoms with Gasteiger partial charge in [0.05, 0.1) is 6.54 Å². The van der Waals surface area contributed by atoms with Gasteiger partial charge in [-0.3, -0.25) is 14.6 Å². The van der Waals surface area contributed by atoms with E-state index in [4.69, 9.17) is 9.47 Å². The highest BCUT2D eigenvalue weighted by Crippen LogP contribution is 2.36. The average molecular weight is 514 g/mol. The molecule has 2 N–H and O–H groups in total. The number of aryl methyl sites for hydroxylation is 2. The van der Waals surface area contributed by atoms with Crippen molar-refractivity contribution in [2.45, 2.75) is 50.7 Å². The number of piperazine rings is 1. The highest BCUT2D eigenvalue weighted by Gasteiger charge is 2.30. The lowest BCUT2D eigenvalue weighted by atomic mass is 10.1. The summed E-state index contributed by atoms with van der Waals surface area (Å²) in [5.74, 6) is 2.57. The van der Waals surface area contributed by atoms with Gasteiger partial charge in [0.1, 0.15) is 12.7 Å². The Morgan fingerprint density at radius 3 is 2.56 bits per heavy atom. The molecule has 2 aliphatic rings. The van der Waals surface area contributed by atoms with Crippen LogP contribution < -0.4 is 14.8 Å². The van der Waals surface area contributed by atoms with Gasteiger partial charge in [-0.05, 0) is 55.3 Å². The van der Waals surface area contributed by atoms with Gasteiger partial charge in [0.25, 0.3) is 0 Å². The molecule has 4 rings (SSSR count). The van der Waals surface area contributed by atoms with Gasteiger partial charge in [0, 0.05) is 43.3 Å². The maximum absolute atomic E-state index is 12.6. The number of rotatable bonds is 10. The van der Waals surface area contributed by atoms with Crippen molar-refractivity contribution in [1.29, 1.82) is 0 Å². The summed E-state index contributed by atoms with van der Waals surface area (Å²) < 4.78 is 12.0. The fraction of sp³-hybridized carbons (Fsp3) is 0.536. The summed E-state index contributed by atoms with van der Waals surface area (Å²) in [6.07, 6.45) is 1.35. The van der Waals surface area contributed by atoms with Crippen LogP contribution in [0.4, 0.5) is 5.69 Å². The Balaban J connectivity index is 1.20. The average Bonchev–Trinajstić information content (AvgIpc) is 2.87. The summed E-state index contributed by atoms with van der Waals surface area (Å²) in [7, 11) is 0. The third-order valence-electron chi connectivity index (χ3n) is 6.82. The molecule has 2 heterocycles. The number of unbranched alkanes of at least 4 members (excludes halogenated alkanes) is 1. The number of nitrogens with zero attached hydrogens (tertiary/aromatic N) is 2. The monoisotopic (exact) mass is 513 g/mol. The molecule has 1 saturated heterocycles. The lowest BCUT2D eigenvalue weighted by molar-refractivity contribution is -0.117. The van der Waals surface area contributed by atoms with Gasteiger partial charge in [-0.15, -0.1) is 11.8 Å². The number of fused-ring (bicyclic) bond motifs is 1. The lowest BCUT2D eigenvalue weighted by Gasteiger charge is -2.37. The predicted octanol–water partition coefficient (Wildman–Crippen LogP) is 3.95. The Labute approximate surface area is 219 Å². The largest absolute Gasteiger partial charge is 0.486 e. The molecule has 0 spiro atoms. The number of thioether (sulfide) groups is 1. The van der Waals surface area contributed by atoms with Gasteiger partial charge in [0.15, 0.2) is 17.6 Å².